The van der Waals surface area contributed by atoms with Crippen LogP contribution in [0.15, 0.2) is 24.9 Å². The molecule has 11 nitrogen and oxygen atoms in total. The van der Waals surface area contributed by atoms with Crippen molar-refractivity contribution in [2.75, 3.05) is 43.5 Å². The van der Waals surface area contributed by atoms with Crippen molar-refractivity contribution in [1.82, 2.24) is 15.3 Å². The van der Waals surface area contributed by atoms with Crippen LogP contribution in [0.25, 0.3) is 0 Å². The topological polar surface area (TPSA) is 118 Å². The maximum atomic E-state index is 13.5. The number of rotatable bonds is 8. The second-order valence-electron chi connectivity index (χ2n) is 9.52. The Morgan fingerprint density at radius 3 is 2.41 bits per heavy atom. The van der Waals surface area contributed by atoms with Gasteiger partial charge >= 0.3 is 6.03 Å². The highest BCUT2D eigenvalue weighted by Crippen LogP contribution is 2.47. The smallest absolute Gasteiger partial charge is 0.330 e. The first kappa shape index (κ1) is 28.7. The van der Waals surface area contributed by atoms with Crippen LogP contribution in [0, 0.1) is 5.92 Å². The van der Waals surface area contributed by atoms with E-state index in [1.165, 1.54) is 30.1 Å². The summed E-state index contributed by atoms with van der Waals surface area (Å²) in [4.78, 5) is 37.6. The molecule has 13 heteroatoms. The van der Waals surface area contributed by atoms with Crippen molar-refractivity contribution < 1.29 is 23.8 Å². The quantitative estimate of drug-likeness (QED) is 0.446. The number of urea groups is 1. The lowest BCUT2D eigenvalue weighted by atomic mass is 9.81. The van der Waals surface area contributed by atoms with Gasteiger partial charge in [0.25, 0.3) is 0 Å². The molecule has 4 unspecified atom stereocenters. The maximum Gasteiger partial charge on any atom is 0.330 e. The summed E-state index contributed by atoms with van der Waals surface area (Å²) in [6.07, 6.45) is 4.25. The average molecular weight is 579 g/mol. The van der Waals surface area contributed by atoms with Gasteiger partial charge in [-0.1, -0.05) is 36.7 Å². The van der Waals surface area contributed by atoms with E-state index in [9.17, 15) is 9.59 Å². The number of benzene rings is 1. The predicted molar refractivity (Wildman–Crippen MR) is 150 cm³/mol. The highest BCUT2D eigenvalue weighted by Gasteiger charge is 2.38. The van der Waals surface area contributed by atoms with E-state index in [1.54, 1.807) is 26.4 Å². The van der Waals surface area contributed by atoms with Gasteiger partial charge in [0, 0.05) is 38.0 Å². The Morgan fingerprint density at radius 1 is 1.15 bits per heavy atom. The molecule has 1 aromatic heterocycles. The zero-order chi connectivity index (χ0) is 28.4. The van der Waals surface area contributed by atoms with Crippen LogP contribution in [-0.4, -0.2) is 68.5 Å². The number of nitrogens with one attached hydrogen (secondary N) is 2. The summed E-state index contributed by atoms with van der Waals surface area (Å²) < 4.78 is 16.4. The summed E-state index contributed by atoms with van der Waals surface area (Å²) in [7, 11) is 6.23. The minimum atomic E-state index is -0.395. The number of aromatic nitrogens is 2. The summed E-state index contributed by atoms with van der Waals surface area (Å²) in [5.41, 5.74) is 0.946. The molecule has 1 saturated carbocycles. The second kappa shape index (κ2) is 11.8. The Kier molecular flexibility index (Phi) is 8.73. The molecule has 4 rings (SSSR count). The molecule has 39 heavy (non-hydrogen) atoms. The highest BCUT2D eigenvalue weighted by molar-refractivity contribution is 6.42. The van der Waals surface area contributed by atoms with E-state index in [-0.39, 0.29) is 52.3 Å². The van der Waals surface area contributed by atoms with Crippen molar-refractivity contribution in [3.63, 3.8) is 0 Å². The highest BCUT2D eigenvalue weighted by atomic mass is 35.5. The molecule has 1 aromatic carbocycles. The van der Waals surface area contributed by atoms with E-state index in [0.717, 1.165) is 0 Å². The number of fused-ring (bicyclic) bond motifs is 1. The number of amides is 3. The minimum absolute atomic E-state index is 0.00386. The normalized spacial score (nSPS) is 22.7. The molecule has 2 aromatic rings. The molecule has 0 radical (unpaired) electrons. The van der Waals surface area contributed by atoms with Crippen LogP contribution >= 0.6 is 23.2 Å². The van der Waals surface area contributed by atoms with Gasteiger partial charge in [0.2, 0.25) is 11.9 Å². The molecule has 2 aliphatic rings. The van der Waals surface area contributed by atoms with E-state index in [4.69, 9.17) is 37.4 Å². The fraction of sp³-hybridized carbons (Fsp3) is 0.462. The molecule has 0 bridgehead atoms. The summed E-state index contributed by atoms with van der Waals surface area (Å²) in [6.45, 7) is 5.77. The number of methoxy groups -OCH3 is 3. The third-order valence-corrected chi connectivity index (χ3v) is 7.92. The zero-order valence-corrected chi connectivity index (χ0v) is 24.0. The van der Waals surface area contributed by atoms with Crippen LogP contribution in [-0.2, 0) is 16.1 Å². The standard InChI is InChI=1S/C26H32Cl2N6O5/c1-7-20(35)30-15-8-13(2)17(37-4)9-16(15)31-25-29-11-14-12-34(26(36)33(3)24(14)32-25)23-21(27)18(38-5)10-19(39-6)22(23)28/h7,10-11,13,15-17H,1,8-9,12H2,2-6H3,(H,30,35)(H,29,31,32). The zero-order valence-electron chi connectivity index (χ0n) is 22.5. The first-order valence-corrected chi connectivity index (χ1v) is 13.1. The lowest BCUT2D eigenvalue weighted by molar-refractivity contribution is -0.117. The largest absolute Gasteiger partial charge is 0.495 e. The Labute approximate surface area is 237 Å². The van der Waals surface area contributed by atoms with Gasteiger partial charge in [0.1, 0.15) is 27.4 Å². The number of hydrogen-bond acceptors (Lipinski definition) is 8. The second-order valence-corrected chi connectivity index (χ2v) is 10.3. The molecule has 0 spiro atoms. The molecule has 2 N–H and O–H groups in total. The Hall–Kier alpha value is -3.28. The van der Waals surface area contributed by atoms with E-state index in [0.29, 0.717) is 41.7 Å². The van der Waals surface area contributed by atoms with E-state index in [1.807, 2.05) is 0 Å². The summed E-state index contributed by atoms with van der Waals surface area (Å²) >= 11 is 13.2. The Balaban J connectivity index is 1.63. The average Bonchev–Trinajstić information content (AvgIpc) is 2.93. The van der Waals surface area contributed by atoms with Crippen LogP contribution in [0.3, 0.4) is 0 Å². The fourth-order valence-corrected chi connectivity index (χ4v) is 5.79. The number of ether oxygens (including phenoxy) is 3. The summed E-state index contributed by atoms with van der Waals surface area (Å²) in [5.74, 6) is 1.40. The van der Waals surface area contributed by atoms with Gasteiger partial charge in [-0.2, -0.15) is 4.98 Å². The summed E-state index contributed by atoms with van der Waals surface area (Å²) in [5, 5.41) is 6.70. The van der Waals surface area contributed by atoms with Crippen LogP contribution in [0.2, 0.25) is 10.0 Å². The number of nitrogens with zero attached hydrogens (tertiary/aromatic N) is 4. The molecular formula is C26H32Cl2N6O5. The lowest BCUT2D eigenvalue weighted by Gasteiger charge is -2.40. The molecule has 210 valence electrons. The number of carbonyl (C=O) groups excluding carboxylic acids is 2. The fourth-order valence-electron chi connectivity index (χ4n) is 5.08. The van der Waals surface area contributed by atoms with Gasteiger partial charge in [-0.05, 0) is 24.8 Å². The third kappa shape index (κ3) is 5.57. The number of halogens is 2. The lowest BCUT2D eigenvalue weighted by Crippen LogP contribution is -2.53. The van der Waals surface area contributed by atoms with Gasteiger partial charge in [0.05, 0.1) is 38.6 Å². The molecular weight excluding hydrogens is 547 g/mol. The minimum Gasteiger partial charge on any atom is -0.495 e. The monoisotopic (exact) mass is 578 g/mol. The van der Waals surface area contributed by atoms with Crippen molar-refractivity contribution in [3.05, 3.63) is 40.5 Å². The van der Waals surface area contributed by atoms with Crippen LogP contribution < -0.4 is 29.9 Å². The van der Waals surface area contributed by atoms with E-state index in [2.05, 4.69) is 34.1 Å². The first-order chi connectivity index (χ1) is 18.6. The molecule has 2 heterocycles. The van der Waals surface area contributed by atoms with Crippen molar-refractivity contribution in [2.24, 2.45) is 5.92 Å². The van der Waals surface area contributed by atoms with Gasteiger partial charge in [-0.15, -0.1) is 0 Å². The number of carbonyl (C=O) groups is 2. The number of hydrogen-bond donors (Lipinski definition) is 2. The molecule has 1 aliphatic heterocycles. The van der Waals surface area contributed by atoms with Gasteiger partial charge < -0.3 is 24.8 Å². The SMILES string of the molecule is C=CC(=O)NC1CC(C)C(OC)CC1Nc1ncc2c(n1)N(C)C(=O)N(c1c(Cl)c(OC)cc(OC)c1Cl)C2. The summed E-state index contributed by atoms with van der Waals surface area (Å²) in [6, 6.07) is 0.787. The van der Waals surface area contributed by atoms with Gasteiger partial charge in [-0.3, -0.25) is 14.6 Å². The van der Waals surface area contributed by atoms with Crippen molar-refractivity contribution >= 4 is 52.6 Å². The van der Waals surface area contributed by atoms with Crippen molar-refractivity contribution in [1.29, 1.82) is 0 Å². The maximum absolute atomic E-state index is 13.5. The molecule has 1 fully saturated rings. The predicted octanol–water partition coefficient (Wildman–Crippen LogP) is 4.27. The van der Waals surface area contributed by atoms with Crippen LogP contribution in [0.5, 0.6) is 11.5 Å². The first-order valence-electron chi connectivity index (χ1n) is 12.4. The number of anilines is 3. The van der Waals surface area contributed by atoms with Crippen molar-refractivity contribution in [3.8, 4) is 11.5 Å². The van der Waals surface area contributed by atoms with Gasteiger partial charge in [0.15, 0.2) is 0 Å². The van der Waals surface area contributed by atoms with Gasteiger partial charge in [-0.25, -0.2) is 9.78 Å². The van der Waals surface area contributed by atoms with Crippen LogP contribution in [0.1, 0.15) is 25.3 Å². The Morgan fingerprint density at radius 2 is 1.82 bits per heavy atom. The van der Waals surface area contributed by atoms with E-state index < -0.39 is 6.03 Å². The van der Waals surface area contributed by atoms with Crippen molar-refractivity contribution in [2.45, 2.75) is 44.5 Å². The van der Waals surface area contributed by atoms with Crippen LogP contribution in [0.4, 0.5) is 22.2 Å². The third-order valence-electron chi connectivity index (χ3n) is 7.19. The molecule has 4 atom stereocenters. The molecule has 1 aliphatic carbocycles. The van der Waals surface area contributed by atoms with E-state index >= 15 is 0 Å². The molecule has 0 saturated heterocycles. The molecule has 3 amide bonds. The Bertz CT molecular complexity index is 1250.